The summed E-state index contributed by atoms with van der Waals surface area (Å²) in [5, 5.41) is 0. The first-order chi connectivity index (χ1) is 15.8. The van der Waals surface area contributed by atoms with Gasteiger partial charge in [0.1, 0.15) is 0 Å². The molecule has 168 valence electrons. The van der Waals surface area contributed by atoms with Crippen molar-refractivity contribution < 1.29 is 4.79 Å². The van der Waals surface area contributed by atoms with Gasteiger partial charge in [0.05, 0.1) is 0 Å². The molecular weight excluding hydrogens is 392 g/mol. The largest absolute Gasteiger partial charge is 0.299 e. The Kier molecular flexibility index (Phi) is 5.64. The van der Waals surface area contributed by atoms with Gasteiger partial charge in [-0.3, -0.25) is 14.6 Å². The van der Waals surface area contributed by atoms with Crippen LogP contribution in [0, 0.1) is 0 Å². The lowest BCUT2D eigenvalue weighted by Crippen LogP contribution is -2.23. The number of hydrogen-bond acceptors (Lipinski definition) is 3. The Hall–Kier alpha value is -1.97. The van der Waals surface area contributed by atoms with Crippen molar-refractivity contribution in [2.45, 2.75) is 76.3 Å². The molecule has 2 aromatic rings. The summed E-state index contributed by atoms with van der Waals surface area (Å²) in [4.78, 5) is 19.3. The van der Waals surface area contributed by atoms with E-state index in [1.807, 2.05) is 0 Å². The van der Waals surface area contributed by atoms with Crippen molar-refractivity contribution in [1.82, 2.24) is 9.80 Å². The average Bonchev–Trinajstić information content (AvgIpc) is 3.73. The molecule has 0 atom stereocenters. The van der Waals surface area contributed by atoms with Gasteiger partial charge in [0.25, 0.3) is 0 Å². The number of likely N-dealkylation sites (tertiary alicyclic amines) is 2. The first-order valence-corrected chi connectivity index (χ1v) is 13.0. The minimum atomic E-state index is 0.262. The summed E-state index contributed by atoms with van der Waals surface area (Å²) < 4.78 is 0. The smallest absolute Gasteiger partial charge is 0.193 e. The van der Waals surface area contributed by atoms with Crippen LogP contribution >= 0.6 is 0 Å². The van der Waals surface area contributed by atoms with E-state index in [1.54, 1.807) is 0 Å². The van der Waals surface area contributed by atoms with Gasteiger partial charge < -0.3 is 0 Å². The van der Waals surface area contributed by atoms with Crippen molar-refractivity contribution >= 4 is 5.78 Å². The fraction of sp³-hybridized carbons (Fsp3) is 0.552. The van der Waals surface area contributed by atoms with E-state index < -0.39 is 0 Å². The third-order valence-electron chi connectivity index (χ3n) is 8.11. The highest BCUT2D eigenvalue weighted by molar-refractivity contribution is 6.11. The van der Waals surface area contributed by atoms with Gasteiger partial charge in [0.15, 0.2) is 5.78 Å². The van der Waals surface area contributed by atoms with Crippen molar-refractivity contribution in [3.05, 3.63) is 69.8 Å². The molecule has 6 rings (SSSR count). The van der Waals surface area contributed by atoms with E-state index in [-0.39, 0.29) is 5.78 Å². The Bertz CT molecular complexity index is 913. The van der Waals surface area contributed by atoms with Crippen LogP contribution in [-0.4, -0.2) is 41.8 Å². The molecule has 2 aliphatic heterocycles. The zero-order valence-electron chi connectivity index (χ0n) is 19.3. The summed E-state index contributed by atoms with van der Waals surface area (Å²) in [6, 6.07) is 13.1. The van der Waals surface area contributed by atoms with Crippen LogP contribution in [0.4, 0.5) is 0 Å². The molecule has 32 heavy (non-hydrogen) atoms. The van der Waals surface area contributed by atoms with E-state index in [9.17, 15) is 4.79 Å². The topological polar surface area (TPSA) is 23.6 Å². The fourth-order valence-corrected chi connectivity index (χ4v) is 6.02. The third-order valence-corrected chi connectivity index (χ3v) is 8.11. The molecule has 0 N–H and O–H groups in total. The van der Waals surface area contributed by atoms with Gasteiger partial charge >= 0.3 is 0 Å². The molecule has 0 radical (unpaired) electrons. The lowest BCUT2D eigenvalue weighted by atomic mass is 9.88. The van der Waals surface area contributed by atoms with Gasteiger partial charge in [-0.15, -0.1) is 0 Å². The van der Waals surface area contributed by atoms with Crippen LogP contribution in [0.15, 0.2) is 36.4 Å². The minimum Gasteiger partial charge on any atom is -0.299 e. The van der Waals surface area contributed by atoms with Crippen LogP contribution < -0.4 is 0 Å². The number of carbonyl (C=O) groups excluding carboxylic acids is 1. The second-order valence-corrected chi connectivity index (χ2v) is 10.6. The Labute approximate surface area is 192 Å². The predicted molar refractivity (Wildman–Crippen MR) is 129 cm³/mol. The summed E-state index contributed by atoms with van der Waals surface area (Å²) in [6.45, 7) is 6.57. The molecule has 2 heterocycles. The summed E-state index contributed by atoms with van der Waals surface area (Å²) in [5.41, 5.74) is 7.48. The number of carbonyl (C=O) groups is 1. The van der Waals surface area contributed by atoms with Crippen molar-refractivity contribution in [3.8, 4) is 0 Å². The monoisotopic (exact) mass is 428 g/mol. The Morgan fingerprint density at radius 2 is 1.06 bits per heavy atom. The van der Waals surface area contributed by atoms with Crippen LogP contribution in [0.5, 0.6) is 0 Å². The molecule has 2 saturated carbocycles. The molecule has 2 saturated heterocycles. The number of benzene rings is 2. The van der Waals surface area contributed by atoms with Gasteiger partial charge in [-0.1, -0.05) is 36.4 Å². The van der Waals surface area contributed by atoms with E-state index in [0.29, 0.717) is 11.8 Å². The standard InChI is InChI=1S/C29H36N2O/c32-29(25-9-5-7-23(21-11-12-21)27(25)19-30-15-1-2-16-30)26-10-6-8-24(22-13-14-22)28(26)20-31-17-3-4-18-31/h5-10,21-22H,1-4,11-20H2. The second kappa shape index (κ2) is 8.76. The SMILES string of the molecule is O=C(c1cccc(C2CC2)c1CN1CCCC1)c1cccc(C2CC2)c1CN1CCCC1. The Morgan fingerprint density at radius 1 is 0.656 bits per heavy atom. The van der Waals surface area contributed by atoms with Gasteiger partial charge in [0.2, 0.25) is 0 Å². The highest BCUT2D eigenvalue weighted by Gasteiger charge is 2.32. The molecule has 3 heteroatoms. The van der Waals surface area contributed by atoms with Crippen LogP contribution in [0.2, 0.25) is 0 Å². The lowest BCUT2D eigenvalue weighted by molar-refractivity contribution is 0.103. The van der Waals surface area contributed by atoms with Crippen LogP contribution in [-0.2, 0) is 13.1 Å². The van der Waals surface area contributed by atoms with Gasteiger partial charge in [-0.05, 0) is 112 Å². The number of rotatable bonds is 8. The molecular formula is C29H36N2O. The van der Waals surface area contributed by atoms with Crippen LogP contribution in [0.3, 0.4) is 0 Å². The first-order valence-electron chi connectivity index (χ1n) is 13.0. The van der Waals surface area contributed by atoms with Crippen molar-refractivity contribution in [2.75, 3.05) is 26.2 Å². The third kappa shape index (κ3) is 4.18. The van der Waals surface area contributed by atoms with E-state index >= 15 is 0 Å². The highest BCUT2D eigenvalue weighted by Crippen LogP contribution is 2.45. The summed E-state index contributed by atoms with van der Waals surface area (Å²) in [6.07, 6.45) is 10.3. The predicted octanol–water partition coefficient (Wildman–Crippen LogP) is 5.86. The highest BCUT2D eigenvalue weighted by atomic mass is 16.1. The van der Waals surface area contributed by atoms with E-state index in [4.69, 9.17) is 0 Å². The molecule has 4 fully saturated rings. The zero-order chi connectivity index (χ0) is 21.5. The molecule has 3 nitrogen and oxygen atoms in total. The first kappa shape index (κ1) is 20.6. The number of ketones is 1. The zero-order valence-corrected chi connectivity index (χ0v) is 19.3. The van der Waals surface area contributed by atoms with Crippen LogP contribution in [0.1, 0.15) is 101 Å². The van der Waals surface area contributed by atoms with Gasteiger partial charge in [-0.25, -0.2) is 0 Å². The molecule has 0 unspecified atom stereocenters. The summed E-state index contributed by atoms with van der Waals surface area (Å²) >= 11 is 0. The van der Waals surface area contributed by atoms with E-state index in [2.05, 4.69) is 46.2 Å². The quantitative estimate of drug-likeness (QED) is 0.492. The van der Waals surface area contributed by atoms with Gasteiger partial charge in [-0.2, -0.15) is 0 Å². The van der Waals surface area contributed by atoms with E-state index in [1.165, 1.54) is 99.8 Å². The maximum atomic E-state index is 14.2. The Morgan fingerprint density at radius 3 is 1.44 bits per heavy atom. The molecule has 0 bridgehead atoms. The molecule has 0 amide bonds. The molecule has 2 aromatic carbocycles. The fourth-order valence-electron chi connectivity index (χ4n) is 6.02. The van der Waals surface area contributed by atoms with Crippen LogP contribution in [0.25, 0.3) is 0 Å². The normalized spacial score (nSPS) is 22.0. The van der Waals surface area contributed by atoms with Crippen molar-refractivity contribution in [1.29, 1.82) is 0 Å². The lowest BCUT2D eigenvalue weighted by Gasteiger charge is -2.23. The molecule has 4 aliphatic rings. The molecule has 0 aromatic heterocycles. The van der Waals surface area contributed by atoms with Crippen molar-refractivity contribution in [2.24, 2.45) is 0 Å². The summed E-state index contributed by atoms with van der Waals surface area (Å²) in [5.74, 6) is 1.60. The van der Waals surface area contributed by atoms with Gasteiger partial charge in [0, 0.05) is 24.2 Å². The maximum Gasteiger partial charge on any atom is 0.193 e. The minimum absolute atomic E-state index is 0.262. The number of nitrogens with zero attached hydrogens (tertiary/aromatic N) is 2. The summed E-state index contributed by atoms with van der Waals surface area (Å²) in [7, 11) is 0. The average molecular weight is 429 g/mol. The molecule has 0 spiro atoms. The van der Waals surface area contributed by atoms with E-state index in [0.717, 1.165) is 24.2 Å². The maximum absolute atomic E-state index is 14.2. The second-order valence-electron chi connectivity index (χ2n) is 10.6. The molecule has 2 aliphatic carbocycles. The number of hydrogen-bond donors (Lipinski definition) is 0. The van der Waals surface area contributed by atoms with Crippen molar-refractivity contribution in [3.63, 3.8) is 0 Å². The Balaban J connectivity index is 1.39.